The first-order valence-electron chi connectivity index (χ1n) is 8.60. The maximum absolute atomic E-state index is 13.5. The van der Waals surface area contributed by atoms with Gasteiger partial charge in [0, 0.05) is 30.3 Å². The SMILES string of the molecule is O=C1N(c2cccc(F)c2)CCC12CCN(Cc1cccc(Cl)c1)C2. The predicted molar refractivity (Wildman–Crippen MR) is 97.1 cm³/mol. The highest BCUT2D eigenvalue weighted by Gasteiger charge is 2.50. The van der Waals surface area contributed by atoms with E-state index in [1.54, 1.807) is 17.0 Å². The van der Waals surface area contributed by atoms with Crippen LogP contribution in [0.15, 0.2) is 48.5 Å². The molecule has 25 heavy (non-hydrogen) atoms. The molecule has 0 aliphatic carbocycles. The second-order valence-corrected chi connectivity index (χ2v) is 7.49. The molecule has 0 bridgehead atoms. The fourth-order valence-corrected chi connectivity index (χ4v) is 4.29. The average Bonchev–Trinajstić information content (AvgIpc) is 3.13. The Bertz CT molecular complexity index is 812. The first kappa shape index (κ1) is 16.6. The summed E-state index contributed by atoms with van der Waals surface area (Å²) in [6.07, 6.45) is 1.69. The van der Waals surface area contributed by atoms with E-state index in [1.165, 1.54) is 12.1 Å². The van der Waals surface area contributed by atoms with Crippen LogP contribution in [0, 0.1) is 11.2 Å². The Morgan fingerprint density at radius 2 is 1.88 bits per heavy atom. The second kappa shape index (κ2) is 6.43. The van der Waals surface area contributed by atoms with Crippen LogP contribution in [0.1, 0.15) is 18.4 Å². The van der Waals surface area contributed by atoms with Crippen LogP contribution in [0.5, 0.6) is 0 Å². The number of anilines is 1. The third-order valence-electron chi connectivity index (χ3n) is 5.36. The van der Waals surface area contributed by atoms with E-state index in [0.29, 0.717) is 12.2 Å². The largest absolute Gasteiger partial charge is 0.312 e. The summed E-state index contributed by atoms with van der Waals surface area (Å²) in [4.78, 5) is 17.1. The first-order chi connectivity index (χ1) is 12.1. The topological polar surface area (TPSA) is 23.6 Å². The molecule has 1 unspecified atom stereocenters. The molecule has 130 valence electrons. The molecule has 0 aromatic heterocycles. The highest BCUT2D eigenvalue weighted by atomic mass is 35.5. The van der Waals surface area contributed by atoms with Crippen LogP contribution in [0.4, 0.5) is 10.1 Å². The quantitative estimate of drug-likeness (QED) is 0.824. The van der Waals surface area contributed by atoms with Crippen molar-refractivity contribution in [2.45, 2.75) is 19.4 Å². The minimum Gasteiger partial charge on any atom is -0.312 e. The Hall–Kier alpha value is -1.91. The van der Waals surface area contributed by atoms with Gasteiger partial charge in [-0.25, -0.2) is 4.39 Å². The van der Waals surface area contributed by atoms with Gasteiger partial charge in [-0.3, -0.25) is 9.69 Å². The molecular formula is C20H20ClFN2O. The second-order valence-electron chi connectivity index (χ2n) is 7.06. The van der Waals surface area contributed by atoms with Crippen molar-refractivity contribution in [2.24, 2.45) is 5.41 Å². The molecule has 0 saturated carbocycles. The summed E-state index contributed by atoms with van der Waals surface area (Å²) in [5.74, 6) is -0.174. The lowest BCUT2D eigenvalue weighted by Gasteiger charge is -2.24. The number of amides is 1. The van der Waals surface area contributed by atoms with Crippen molar-refractivity contribution in [3.63, 3.8) is 0 Å². The molecule has 2 aliphatic heterocycles. The number of rotatable bonds is 3. The summed E-state index contributed by atoms with van der Waals surface area (Å²) in [6.45, 7) is 3.11. The van der Waals surface area contributed by atoms with Crippen molar-refractivity contribution in [1.82, 2.24) is 4.90 Å². The summed E-state index contributed by atoms with van der Waals surface area (Å²) in [5.41, 5.74) is 1.50. The number of carbonyl (C=O) groups excluding carboxylic acids is 1. The Morgan fingerprint density at radius 1 is 1.08 bits per heavy atom. The van der Waals surface area contributed by atoms with Crippen molar-refractivity contribution in [1.29, 1.82) is 0 Å². The Kier molecular flexibility index (Phi) is 4.26. The molecule has 1 atom stereocenters. The summed E-state index contributed by atoms with van der Waals surface area (Å²) < 4.78 is 13.5. The van der Waals surface area contributed by atoms with Gasteiger partial charge in [-0.2, -0.15) is 0 Å². The van der Waals surface area contributed by atoms with Crippen LogP contribution in [-0.2, 0) is 11.3 Å². The van der Waals surface area contributed by atoms with Crippen LogP contribution in [0.25, 0.3) is 0 Å². The minimum absolute atomic E-state index is 0.131. The van der Waals surface area contributed by atoms with Gasteiger partial charge in [0.1, 0.15) is 5.82 Å². The molecule has 5 heteroatoms. The van der Waals surface area contributed by atoms with Gasteiger partial charge in [-0.15, -0.1) is 0 Å². The Morgan fingerprint density at radius 3 is 2.68 bits per heavy atom. The molecule has 1 spiro atoms. The van der Waals surface area contributed by atoms with Gasteiger partial charge in [0.25, 0.3) is 0 Å². The van der Waals surface area contributed by atoms with Crippen LogP contribution in [0.3, 0.4) is 0 Å². The van der Waals surface area contributed by atoms with Crippen LogP contribution >= 0.6 is 11.6 Å². The lowest BCUT2D eigenvalue weighted by molar-refractivity contribution is -0.125. The third-order valence-corrected chi connectivity index (χ3v) is 5.60. The molecular weight excluding hydrogens is 339 g/mol. The third kappa shape index (κ3) is 3.16. The number of likely N-dealkylation sites (tertiary alicyclic amines) is 1. The van der Waals surface area contributed by atoms with Gasteiger partial charge in [0.2, 0.25) is 5.91 Å². The zero-order chi connectivity index (χ0) is 17.4. The maximum atomic E-state index is 13.5. The molecule has 2 aromatic rings. The van der Waals surface area contributed by atoms with Gasteiger partial charge in [0.15, 0.2) is 0 Å². The molecule has 2 heterocycles. The summed E-state index contributed by atoms with van der Waals surface area (Å²) >= 11 is 6.06. The predicted octanol–water partition coefficient (Wildman–Crippen LogP) is 4.11. The van der Waals surface area contributed by atoms with E-state index in [4.69, 9.17) is 11.6 Å². The van der Waals surface area contributed by atoms with Crippen molar-refractivity contribution in [3.8, 4) is 0 Å². The van der Waals surface area contributed by atoms with Crippen molar-refractivity contribution in [3.05, 3.63) is 64.9 Å². The highest BCUT2D eigenvalue weighted by molar-refractivity contribution is 6.30. The fraction of sp³-hybridized carbons (Fsp3) is 0.350. The van der Waals surface area contributed by atoms with E-state index < -0.39 is 0 Å². The molecule has 2 aromatic carbocycles. The molecule has 1 amide bonds. The van der Waals surface area contributed by atoms with E-state index >= 15 is 0 Å². The Balaban J connectivity index is 1.48. The summed E-state index contributed by atoms with van der Waals surface area (Å²) in [6, 6.07) is 14.2. The average molecular weight is 359 g/mol. The van der Waals surface area contributed by atoms with Crippen molar-refractivity contribution in [2.75, 3.05) is 24.5 Å². The molecule has 4 rings (SSSR count). The number of benzene rings is 2. The number of hydrogen-bond donors (Lipinski definition) is 0. The van der Waals surface area contributed by atoms with Crippen molar-refractivity contribution >= 4 is 23.2 Å². The van der Waals surface area contributed by atoms with E-state index in [2.05, 4.69) is 11.0 Å². The molecule has 2 fully saturated rings. The van der Waals surface area contributed by atoms with E-state index in [1.807, 2.05) is 18.2 Å². The summed E-state index contributed by atoms with van der Waals surface area (Å²) in [7, 11) is 0. The normalized spacial score (nSPS) is 23.8. The van der Waals surface area contributed by atoms with E-state index in [-0.39, 0.29) is 17.1 Å². The highest BCUT2D eigenvalue weighted by Crippen LogP contribution is 2.42. The number of hydrogen-bond acceptors (Lipinski definition) is 2. The maximum Gasteiger partial charge on any atom is 0.234 e. The van der Waals surface area contributed by atoms with E-state index in [0.717, 1.165) is 43.1 Å². The van der Waals surface area contributed by atoms with Crippen LogP contribution < -0.4 is 4.90 Å². The zero-order valence-corrected chi connectivity index (χ0v) is 14.7. The number of nitrogens with zero attached hydrogens (tertiary/aromatic N) is 2. The van der Waals surface area contributed by atoms with Gasteiger partial charge in [-0.1, -0.05) is 29.8 Å². The van der Waals surface area contributed by atoms with Crippen LogP contribution in [0.2, 0.25) is 5.02 Å². The lowest BCUT2D eigenvalue weighted by atomic mass is 9.85. The first-order valence-corrected chi connectivity index (χ1v) is 8.98. The van der Waals surface area contributed by atoms with Gasteiger partial charge in [-0.05, 0) is 55.3 Å². The number of carbonyl (C=O) groups is 1. The summed E-state index contributed by atoms with van der Waals surface area (Å²) in [5, 5.41) is 0.737. The smallest absolute Gasteiger partial charge is 0.234 e. The fourth-order valence-electron chi connectivity index (χ4n) is 4.08. The van der Waals surface area contributed by atoms with Gasteiger partial charge in [0.05, 0.1) is 5.41 Å². The molecule has 0 radical (unpaired) electrons. The minimum atomic E-state index is -0.328. The molecule has 2 aliphatic rings. The standard InChI is InChI=1S/C20H20ClFN2O/c21-16-4-1-3-15(11-16)13-23-9-7-20(14-23)8-10-24(19(20)25)18-6-2-5-17(22)12-18/h1-6,11-12H,7-10,13-14H2. The zero-order valence-electron chi connectivity index (χ0n) is 13.9. The van der Waals surface area contributed by atoms with Crippen molar-refractivity contribution < 1.29 is 9.18 Å². The molecule has 3 nitrogen and oxygen atoms in total. The van der Waals surface area contributed by atoms with Gasteiger partial charge < -0.3 is 4.90 Å². The monoisotopic (exact) mass is 358 g/mol. The van der Waals surface area contributed by atoms with Crippen LogP contribution in [-0.4, -0.2) is 30.4 Å². The lowest BCUT2D eigenvalue weighted by Crippen LogP contribution is -2.36. The van der Waals surface area contributed by atoms with E-state index in [9.17, 15) is 9.18 Å². The Labute approximate surface area is 152 Å². The molecule has 2 saturated heterocycles. The number of halogens is 2. The van der Waals surface area contributed by atoms with Gasteiger partial charge >= 0.3 is 0 Å². The molecule has 0 N–H and O–H groups in total.